The van der Waals surface area contributed by atoms with Gasteiger partial charge in [0, 0.05) is 24.2 Å². The first kappa shape index (κ1) is 18.9. The highest BCUT2D eigenvalue weighted by Gasteiger charge is 2.23. The van der Waals surface area contributed by atoms with E-state index in [1.807, 2.05) is 0 Å². The molecule has 116 valence electrons. The molecule has 1 unspecified atom stereocenters. The van der Waals surface area contributed by atoms with Crippen LogP contribution in [0.3, 0.4) is 0 Å². The Morgan fingerprint density at radius 2 is 1.68 bits per heavy atom. The lowest BCUT2D eigenvalue weighted by atomic mass is 9.95. The lowest BCUT2D eigenvalue weighted by Gasteiger charge is -2.33. The third-order valence-electron chi connectivity index (χ3n) is 3.49. The Bertz CT molecular complexity index is 229. The first-order valence-electron chi connectivity index (χ1n) is 7.83. The van der Waals surface area contributed by atoms with Crippen molar-refractivity contribution in [3.63, 3.8) is 0 Å². The van der Waals surface area contributed by atoms with Gasteiger partial charge >= 0.3 is 0 Å². The number of aliphatic hydroxyl groups excluding tert-OH is 1. The van der Waals surface area contributed by atoms with Crippen molar-refractivity contribution in [2.45, 2.75) is 78.9 Å². The maximum absolute atomic E-state index is 9.58. The first-order chi connectivity index (χ1) is 8.70. The molecule has 0 bridgehead atoms. The van der Waals surface area contributed by atoms with Crippen molar-refractivity contribution in [3.05, 3.63) is 0 Å². The van der Waals surface area contributed by atoms with Gasteiger partial charge in [-0.3, -0.25) is 0 Å². The van der Waals surface area contributed by atoms with Crippen molar-refractivity contribution >= 4 is 0 Å². The van der Waals surface area contributed by atoms with Crippen LogP contribution in [0.1, 0.15) is 61.3 Å². The highest BCUT2D eigenvalue weighted by atomic mass is 16.3. The molecule has 0 aliphatic rings. The van der Waals surface area contributed by atoms with Gasteiger partial charge in [0.25, 0.3) is 0 Å². The molecule has 0 aromatic carbocycles. The zero-order valence-corrected chi connectivity index (χ0v) is 14.2. The van der Waals surface area contributed by atoms with Crippen LogP contribution in [0, 0.1) is 5.92 Å². The van der Waals surface area contributed by atoms with Gasteiger partial charge in [0.05, 0.1) is 6.61 Å². The number of nitrogens with zero attached hydrogens (tertiary/aromatic N) is 1. The average Bonchev–Trinajstić information content (AvgIpc) is 2.26. The smallest absolute Gasteiger partial charge is 0.0610 e. The van der Waals surface area contributed by atoms with Gasteiger partial charge < -0.3 is 15.3 Å². The number of hydrogen-bond donors (Lipinski definition) is 2. The second-order valence-corrected chi connectivity index (χ2v) is 7.10. The summed E-state index contributed by atoms with van der Waals surface area (Å²) in [5.74, 6) is 0.709. The molecule has 0 aromatic rings. The van der Waals surface area contributed by atoms with Crippen LogP contribution in [0.2, 0.25) is 0 Å². The molecule has 0 aromatic heterocycles. The molecule has 3 nitrogen and oxygen atoms in total. The van der Waals surface area contributed by atoms with Gasteiger partial charge in [0.1, 0.15) is 0 Å². The second kappa shape index (κ2) is 8.93. The SMILES string of the molecule is CC(C)CN(CCCC(C)(CO)NC(C)C)C(C)C. The van der Waals surface area contributed by atoms with E-state index in [0.717, 1.165) is 25.9 Å². The molecule has 0 aliphatic heterocycles. The van der Waals surface area contributed by atoms with Crippen LogP contribution >= 0.6 is 0 Å². The minimum absolute atomic E-state index is 0.144. The van der Waals surface area contributed by atoms with E-state index in [-0.39, 0.29) is 12.1 Å². The largest absolute Gasteiger partial charge is 0.394 e. The molecule has 0 radical (unpaired) electrons. The summed E-state index contributed by atoms with van der Waals surface area (Å²) in [7, 11) is 0. The fraction of sp³-hybridized carbons (Fsp3) is 1.00. The second-order valence-electron chi connectivity index (χ2n) is 7.10. The van der Waals surface area contributed by atoms with Gasteiger partial charge in [-0.1, -0.05) is 27.7 Å². The molecule has 0 rings (SSSR count). The van der Waals surface area contributed by atoms with Crippen molar-refractivity contribution in [3.8, 4) is 0 Å². The lowest BCUT2D eigenvalue weighted by molar-refractivity contribution is 0.140. The molecule has 0 heterocycles. The normalized spacial score (nSPS) is 15.8. The molecular formula is C16H36N2O. The predicted molar refractivity (Wildman–Crippen MR) is 84.5 cm³/mol. The highest BCUT2D eigenvalue weighted by Crippen LogP contribution is 2.15. The summed E-state index contributed by atoms with van der Waals surface area (Å²) in [6.07, 6.45) is 2.14. The first-order valence-corrected chi connectivity index (χ1v) is 7.83. The molecule has 0 saturated heterocycles. The van der Waals surface area contributed by atoms with E-state index < -0.39 is 0 Å². The molecule has 0 aliphatic carbocycles. The van der Waals surface area contributed by atoms with Crippen LogP contribution < -0.4 is 5.32 Å². The van der Waals surface area contributed by atoms with Gasteiger partial charge in [-0.05, 0) is 46.1 Å². The molecule has 1 atom stereocenters. The summed E-state index contributed by atoms with van der Waals surface area (Å²) in [5.41, 5.74) is -0.144. The summed E-state index contributed by atoms with van der Waals surface area (Å²) >= 11 is 0. The summed E-state index contributed by atoms with van der Waals surface area (Å²) in [4.78, 5) is 2.54. The Balaban J connectivity index is 4.22. The lowest BCUT2D eigenvalue weighted by Crippen LogP contribution is -2.49. The Morgan fingerprint density at radius 3 is 2.05 bits per heavy atom. The number of rotatable bonds is 10. The monoisotopic (exact) mass is 272 g/mol. The standard InChI is InChI=1S/C16H36N2O/c1-13(2)11-18(15(5)6)10-8-9-16(7,12-19)17-14(3)4/h13-15,17,19H,8-12H2,1-7H3. The molecular weight excluding hydrogens is 236 g/mol. The topological polar surface area (TPSA) is 35.5 Å². The maximum Gasteiger partial charge on any atom is 0.0610 e. The van der Waals surface area contributed by atoms with Gasteiger partial charge in [-0.2, -0.15) is 0 Å². The fourth-order valence-corrected chi connectivity index (χ4v) is 2.60. The van der Waals surface area contributed by atoms with Crippen LogP contribution in [0.15, 0.2) is 0 Å². The highest BCUT2D eigenvalue weighted by molar-refractivity contribution is 4.84. The third kappa shape index (κ3) is 8.61. The summed E-state index contributed by atoms with van der Waals surface area (Å²) < 4.78 is 0. The molecule has 3 heteroatoms. The molecule has 0 amide bonds. The number of aliphatic hydroxyl groups is 1. The van der Waals surface area contributed by atoms with E-state index >= 15 is 0 Å². The maximum atomic E-state index is 9.58. The molecule has 0 spiro atoms. The van der Waals surface area contributed by atoms with Gasteiger partial charge in [0.15, 0.2) is 0 Å². The molecule has 19 heavy (non-hydrogen) atoms. The van der Waals surface area contributed by atoms with Crippen LogP contribution in [0.25, 0.3) is 0 Å². The van der Waals surface area contributed by atoms with Gasteiger partial charge in [-0.15, -0.1) is 0 Å². The Morgan fingerprint density at radius 1 is 1.11 bits per heavy atom. The van der Waals surface area contributed by atoms with E-state index in [2.05, 4.69) is 58.7 Å². The Kier molecular flexibility index (Phi) is 8.88. The quantitative estimate of drug-likeness (QED) is 0.642. The van der Waals surface area contributed by atoms with Gasteiger partial charge in [-0.25, -0.2) is 0 Å². The van der Waals surface area contributed by atoms with Crippen molar-refractivity contribution in [1.82, 2.24) is 10.2 Å². The minimum Gasteiger partial charge on any atom is -0.394 e. The van der Waals surface area contributed by atoms with Crippen LogP contribution in [0.5, 0.6) is 0 Å². The molecule has 0 saturated carbocycles. The van der Waals surface area contributed by atoms with E-state index in [4.69, 9.17) is 0 Å². The zero-order valence-electron chi connectivity index (χ0n) is 14.2. The van der Waals surface area contributed by atoms with Crippen molar-refractivity contribution in [2.75, 3.05) is 19.7 Å². The van der Waals surface area contributed by atoms with E-state index in [9.17, 15) is 5.11 Å². The predicted octanol–water partition coefficient (Wildman–Crippen LogP) is 2.88. The fourth-order valence-electron chi connectivity index (χ4n) is 2.60. The van der Waals surface area contributed by atoms with Gasteiger partial charge in [0.2, 0.25) is 0 Å². The zero-order chi connectivity index (χ0) is 15.1. The number of nitrogens with one attached hydrogen (secondary N) is 1. The molecule has 2 N–H and O–H groups in total. The van der Waals surface area contributed by atoms with Crippen molar-refractivity contribution < 1.29 is 5.11 Å². The molecule has 0 fully saturated rings. The average molecular weight is 272 g/mol. The van der Waals surface area contributed by atoms with Crippen molar-refractivity contribution in [2.24, 2.45) is 5.92 Å². The number of hydrogen-bond acceptors (Lipinski definition) is 3. The van der Waals surface area contributed by atoms with E-state index in [1.54, 1.807) is 0 Å². The third-order valence-corrected chi connectivity index (χ3v) is 3.49. The minimum atomic E-state index is -0.144. The summed E-state index contributed by atoms with van der Waals surface area (Å²) in [6.45, 7) is 17.9. The summed E-state index contributed by atoms with van der Waals surface area (Å²) in [5, 5.41) is 13.1. The van der Waals surface area contributed by atoms with E-state index in [0.29, 0.717) is 18.0 Å². The van der Waals surface area contributed by atoms with E-state index in [1.165, 1.54) is 0 Å². The van der Waals surface area contributed by atoms with Crippen molar-refractivity contribution in [1.29, 1.82) is 0 Å². The Labute approximate surface area is 120 Å². The summed E-state index contributed by atoms with van der Waals surface area (Å²) in [6, 6.07) is 1.01. The van der Waals surface area contributed by atoms with Crippen LogP contribution in [-0.2, 0) is 0 Å². The van der Waals surface area contributed by atoms with Crippen LogP contribution in [-0.4, -0.2) is 47.3 Å². The Hall–Kier alpha value is -0.120. The van der Waals surface area contributed by atoms with Crippen LogP contribution in [0.4, 0.5) is 0 Å².